The van der Waals surface area contributed by atoms with Gasteiger partial charge in [0.1, 0.15) is 5.75 Å². The first-order valence-corrected chi connectivity index (χ1v) is 10.1. The van der Waals surface area contributed by atoms with E-state index in [9.17, 15) is 36.0 Å². The molecule has 2 aromatic carbocycles. The quantitative estimate of drug-likeness (QED) is 0.162. The van der Waals surface area contributed by atoms with E-state index in [1.54, 1.807) is 0 Å². The molecule has 0 heterocycles. The van der Waals surface area contributed by atoms with Crippen molar-refractivity contribution in [1.82, 2.24) is 5.01 Å². The number of ketones is 1. The number of carbonyl (C=O) groups is 3. The predicted molar refractivity (Wildman–Crippen MR) is 108 cm³/mol. The average Bonchev–Trinajstić information content (AvgIpc) is 2.77. The van der Waals surface area contributed by atoms with Crippen LogP contribution in [-0.4, -0.2) is 51.1 Å². The van der Waals surface area contributed by atoms with Gasteiger partial charge >= 0.3 is 27.8 Å². The van der Waals surface area contributed by atoms with Crippen LogP contribution in [0, 0.1) is 0 Å². The molecule has 2 amide bonds. The molecule has 33 heavy (non-hydrogen) atoms. The molecule has 0 bridgehead atoms. The minimum atomic E-state index is -5.74. The maximum atomic E-state index is 12.2. The smallest absolute Gasteiger partial charge is 0.451 e. The number of carbonyl (C=O) groups excluding carboxylic acids is 3. The molecule has 0 saturated carbocycles. The Balaban J connectivity index is 0.000000461. The monoisotopic (exact) mass is 512 g/mol. The Labute approximate surface area is 190 Å². The Bertz CT molecular complexity index is 1080. The van der Waals surface area contributed by atoms with Crippen molar-refractivity contribution in [3.05, 3.63) is 64.7 Å². The molecule has 2 aromatic rings. The van der Waals surface area contributed by atoms with Crippen LogP contribution in [0.5, 0.6) is 5.75 Å². The molecule has 2 N–H and O–H groups in total. The van der Waals surface area contributed by atoms with E-state index in [1.807, 2.05) is 0 Å². The maximum absolute atomic E-state index is 12.2. The lowest BCUT2D eigenvalue weighted by molar-refractivity contribution is -0.0500. The van der Waals surface area contributed by atoms with Gasteiger partial charge in [0.15, 0.2) is 5.78 Å². The number of hydrogen-bond acceptors (Lipinski definition) is 9. The Morgan fingerprint density at radius 1 is 0.879 bits per heavy atom. The van der Waals surface area contributed by atoms with Crippen LogP contribution in [0.15, 0.2) is 48.5 Å². The number of hydrogen-bond donors (Lipinski definition) is 1. The SMILES string of the molecule is COC(=O)N(N)C(=O)OC.O=C(c1ccc(Cl)cc1)c1ccc(OS(=O)(=O)C(F)(F)F)cc1. The molecule has 0 spiro atoms. The maximum Gasteiger partial charge on any atom is 0.534 e. The second kappa shape index (κ2) is 11.5. The summed E-state index contributed by atoms with van der Waals surface area (Å²) >= 11 is 5.70. The molecule has 0 saturated heterocycles. The number of halogens is 4. The van der Waals surface area contributed by atoms with Crippen LogP contribution in [0.3, 0.4) is 0 Å². The fourth-order valence-corrected chi connectivity index (χ4v) is 2.46. The molecule has 0 unspecified atom stereocenters. The lowest BCUT2D eigenvalue weighted by atomic mass is 10.0. The van der Waals surface area contributed by atoms with E-state index in [-0.39, 0.29) is 10.6 Å². The van der Waals surface area contributed by atoms with E-state index >= 15 is 0 Å². The largest absolute Gasteiger partial charge is 0.534 e. The molecule has 0 aliphatic carbocycles. The van der Waals surface area contributed by atoms with Crippen LogP contribution in [-0.2, 0) is 19.6 Å². The van der Waals surface area contributed by atoms with Crippen molar-refractivity contribution in [3.8, 4) is 5.75 Å². The van der Waals surface area contributed by atoms with Crippen molar-refractivity contribution in [2.75, 3.05) is 14.2 Å². The van der Waals surface area contributed by atoms with E-state index in [4.69, 9.17) is 17.4 Å². The third kappa shape index (κ3) is 7.93. The fraction of sp³-hybridized carbons (Fsp3) is 0.167. The van der Waals surface area contributed by atoms with E-state index in [0.29, 0.717) is 10.6 Å². The zero-order valence-electron chi connectivity index (χ0n) is 16.8. The number of nitrogens with zero attached hydrogens (tertiary/aromatic N) is 1. The van der Waals surface area contributed by atoms with Gasteiger partial charge in [0.2, 0.25) is 0 Å². The van der Waals surface area contributed by atoms with Crippen LogP contribution in [0.25, 0.3) is 0 Å². The summed E-state index contributed by atoms with van der Waals surface area (Å²) in [6.45, 7) is 0. The van der Waals surface area contributed by atoms with Gasteiger partial charge in [-0.2, -0.15) is 21.6 Å². The highest BCUT2D eigenvalue weighted by atomic mass is 35.5. The van der Waals surface area contributed by atoms with Gasteiger partial charge in [0.05, 0.1) is 14.2 Å². The average molecular weight is 513 g/mol. The molecular formula is C18H16ClF3N2O8S. The molecular weight excluding hydrogens is 497 g/mol. The van der Waals surface area contributed by atoms with Crippen LogP contribution >= 0.6 is 11.6 Å². The summed E-state index contributed by atoms with van der Waals surface area (Å²) < 4.78 is 70.5. The topological polar surface area (TPSA) is 142 Å². The second-order valence-electron chi connectivity index (χ2n) is 5.65. The fourth-order valence-electron chi connectivity index (χ4n) is 1.87. The molecule has 2 rings (SSSR count). The Kier molecular flexibility index (Phi) is 9.63. The Morgan fingerprint density at radius 2 is 1.27 bits per heavy atom. The predicted octanol–water partition coefficient (Wildman–Crippen LogP) is 3.49. The van der Waals surface area contributed by atoms with Crippen LogP contribution in [0.1, 0.15) is 15.9 Å². The number of amides is 2. The molecule has 0 aromatic heterocycles. The number of benzene rings is 2. The van der Waals surface area contributed by atoms with Gasteiger partial charge in [0, 0.05) is 16.1 Å². The van der Waals surface area contributed by atoms with Crippen molar-refractivity contribution in [1.29, 1.82) is 0 Å². The molecule has 0 atom stereocenters. The van der Waals surface area contributed by atoms with E-state index in [1.165, 1.54) is 24.3 Å². The van der Waals surface area contributed by atoms with Gasteiger partial charge in [-0.1, -0.05) is 11.6 Å². The summed E-state index contributed by atoms with van der Waals surface area (Å²) in [7, 11) is -3.54. The first kappa shape index (κ1) is 27.7. The first-order chi connectivity index (χ1) is 15.2. The van der Waals surface area contributed by atoms with Gasteiger partial charge in [-0.15, -0.1) is 5.01 Å². The summed E-state index contributed by atoms with van der Waals surface area (Å²) in [5.74, 6) is 3.92. The van der Waals surface area contributed by atoms with Crippen LogP contribution in [0.4, 0.5) is 22.8 Å². The van der Waals surface area contributed by atoms with Gasteiger partial charge in [0.25, 0.3) is 0 Å². The molecule has 0 radical (unpaired) electrons. The highest BCUT2D eigenvalue weighted by Crippen LogP contribution is 2.27. The second-order valence-corrected chi connectivity index (χ2v) is 7.63. The number of rotatable bonds is 4. The van der Waals surface area contributed by atoms with E-state index < -0.39 is 39.3 Å². The molecule has 0 aliphatic rings. The number of nitrogens with two attached hydrogens (primary N) is 1. The molecule has 15 heteroatoms. The third-order valence-corrected chi connectivity index (χ3v) is 4.69. The summed E-state index contributed by atoms with van der Waals surface area (Å²) in [5, 5.41) is 0.669. The number of methoxy groups -OCH3 is 2. The molecule has 180 valence electrons. The number of ether oxygens (including phenoxy) is 2. The number of alkyl halides is 3. The van der Waals surface area contributed by atoms with E-state index in [2.05, 4.69) is 13.7 Å². The summed E-state index contributed by atoms with van der Waals surface area (Å²) in [6, 6.07) is 10.3. The van der Waals surface area contributed by atoms with Gasteiger partial charge < -0.3 is 13.7 Å². The zero-order chi connectivity index (χ0) is 25.4. The van der Waals surface area contributed by atoms with Crippen molar-refractivity contribution in [2.45, 2.75) is 5.51 Å². The minimum absolute atomic E-state index is 0.157. The van der Waals surface area contributed by atoms with E-state index in [0.717, 1.165) is 38.5 Å². The zero-order valence-corrected chi connectivity index (χ0v) is 18.4. The van der Waals surface area contributed by atoms with Crippen LogP contribution < -0.4 is 10.0 Å². The van der Waals surface area contributed by atoms with Gasteiger partial charge in [-0.3, -0.25) is 4.79 Å². The highest BCUT2D eigenvalue weighted by Gasteiger charge is 2.48. The minimum Gasteiger partial charge on any atom is -0.451 e. The third-order valence-electron chi connectivity index (χ3n) is 3.45. The van der Waals surface area contributed by atoms with Gasteiger partial charge in [-0.05, 0) is 48.5 Å². The van der Waals surface area contributed by atoms with Crippen molar-refractivity contribution in [3.63, 3.8) is 0 Å². The lowest BCUT2D eigenvalue weighted by Crippen LogP contribution is -2.42. The molecule has 0 fully saturated rings. The number of imide groups is 1. The lowest BCUT2D eigenvalue weighted by Gasteiger charge is -2.09. The number of hydrazine groups is 1. The van der Waals surface area contributed by atoms with Crippen molar-refractivity contribution in [2.24, 2.45) is 5.84 Å². The normalized spacial score (nSPS) is 10.9. The Morgan fingerprint density at radius 3 is 1.64 bits per heavy atom. The van der Waals surface area contributed by atoms with Gasteiger partial charge in [-0.25, -0.2) is 15.4 Å². The summed E-state index contributed by atoms with van der Waals surface area (Å²) in [5.41, 5.74) is -5.04. The van der Waals surface area contributed by atoms with Crippen molar-refractivity contribution < 1.29 is 49.6 Å². The Hall–Kier alpha value is -3.36. The van der Waals surface area contributed by atoms with Crippen molar-refractivity contribution >= 4 is 39.7 Å². The summed E-state index contributed by atoms with van der Waals surface area (Å²) in [6.07, 6.45) is -1.93. The highest BCUT2D eigenvalue weighted by molar-refractivity contribution is 7.88. The summed E-state index contributed by atoms with van der Waals surface area (Å²) in [4.78, 5) is 32.9. The molecule has 0 aliphatic heterocycles. The standard InChI is InChI=1S/C14H8ClF3O4S.C4H8N2O4/c15-11-5-1-9(2-6-11)13(19)10-3-7-12(8-4-10)22-23(20,21)14(16,17)18;1-9-3(7)6(5)4(8)10-2/h1-8H;5H2,1-2H3. The molecule has 10 nitrogen and oxygen atoms in total. The van der Waals surface area contributed by atoms with Crippen LogP contribution in [0.2, 0.25) is 5.02 Å². The first-order valence-electron chi connectivity index (χ1n) is 8.35.